The summed E-state index contributed by atoms with van der Waals surface area (Å²) in [5.74, 6) is 0.0401. The van der Waals surface area contributed by atoms with Crippen molar-refractivity contribution in [2.75, 3.05) is 26.2 Å². The summed E-state index contributed by atoms with van der Waals surface area (Å²) in [6.07, 6.45) is 4.35. The van der Waals surface area contributed by atoms with Crippen LogP contribution in [-0.2, 0) is 10.2 Å². The summed E-state index contributed by atoms with van der Waals surface area (Å²) in [6.45, 7) is 4.13. The molecule has 0 radical (unpaired) electrons. The average Bonchev–Trinajstić information content (AvgIpc) is 2.47. The van der Waals surface area contributed by atoms with Crippen LogP contribution in [0.2, 0.25) is 0 Å². The van der Waals surface area contributed by atoms with Gasteiger partial charge in [0.15, 0.2) is 0 Å². The van der Waals surface area contributed by atoms with Crippen molar-refractivity contribution in [3.63, 3.8) is 0 Å². The van der Waals surface area contributed by atoms with E-state index in [1.54, 1.807) is 8.61 Å². The van der Waals surface area contributed by atoms with Crippen LogP contribution in [0.1, 0.15) is 39.0 Å². The predicted octanol–water partition coefficient (Wildman–Crippen LogP) is 1.28. The molecule has 0 aromatic heterocycles. The summed E-state index contributed by atoms with van der Waals surface area (Å²) in [5, 5.41) is 12.3. The fourth-order valence-corrected chi connectivity index (χ4v) is 4.59. The highest BCUT2D eigenvalue weighted by Crippen LogP contribution is 2.23. The van der Waals surface area contributed by atoms with Gasteiger partial charge in [-0.1, -0.05) is 18.5 Å². The third kappa shape index (κ3) is 3.09. The van der Waals surface area contributed by atoms with E-state index >= 15 is 0 Å². The van der Waals surface area contributed by atoms with Gasteiger partial charge in [0.25, 0.3) is 10.2 Å². The van der Waals surface area contributed by atoms with Crippen LogP contribution in [0, 0.1) is 5.92 Å². The Kier molecular flexibility index (Phi) is 4.81. The average molecular weight is 289 g/mol. The monoisotopic (exact) mass is 289 g/mol. The summed E-state index contributed by atoms with van der Waals surface area (Å²) in [6, 6.07) is 0. The van der Waals surface area contributed by atoms with E-state index in [1.807, 2.05) is 6.92 Å². The molecular weight excluding hydrogens is 266 g/mol. The summed E-state index contributed by atoms with van der Waals surface area (Å²) in [4.78, 5) is 0. The number of hydrogen-bond acceptors (Lipinski definition) is 4. The Hall–Kier alpha value is -0.660. The molecule has 2 fully saturated rings. The molecule has 1 atom stereocenters. The first-order valence-electron chi connectivity index (χ1n) is 7.05. The van der Waals surface area contributed by atoms with E-state index in [1.165, 1.54) is 0 Å². The minimum absolute atomic E-state index is 0.0401. The van der Waals surface area contributed by atoms with Crippen LogP contribution in [0.3, 0.4) is 0 Å². The maximum atomic E-state index is 12.5. The molecule has 110 valence electrons. The van der Waals surface area contributed by atoms with Gasteiger partial charge in [0.1, 0.15) is 0 Å². The zero-order valence-electron chi connectivity index (χ0n) is 11.5. The molecule has 1 unspecified atom stereocenters. The fraction of sp³-hybridized carbons (Fsp3) is 0.917. The lowest BCUT2D eigenvalue weighted by molar-refractivity contribution is 0.273. The summed E-state index contributed by atoms with van der Waals surface area (Å²) in [7, 11) is -3.33. The van der Waals surface area contributed by atoms with Crippen LogP contribution < -0.4 is 0 Å². The van der Waals surface area contributed by atoms with Gasteiger partial charge in [-0.15, -0.1) is 0 Å². The topological polar surface area (TPSA) is 73.2 Å². The van der Waals surface area contributed by atoms with Crippen molar-refractivity contribution in [3.8, 4) is 0 Å². The molecule has 2 rings (SSSR count). The standard InChI is InChI=1S/C12H23N3O3S/c1-2-11-10-15(9-6-12(11)13-16)19(17,18)14-7-4-3-5-8-14/h11,16H,2-10H2,1H3. The van der Waals surface area contributed by atoms with E-state index in [2.05, 4.69) is 5.16 Å². The molecule has 2 aliphatic heterocycles. The smallest absolute Gasteiger partial charge is 0.282 e. The predicted molar refractivity (Wildman–Crippen MR) is 73.5 cm³/mol. The molecule has 0 spiro atoms. The molecule has 2 saturated heterocycles. The van der Waals surface area contributed by atoms with E-state index in [0.717, 1.165) is 31.4 Å². The van der Waals surface area contributed by atoms with E-state index in [-0.39, 0.29) is 5.92 Å². The number of nitrogens with zero attached hydrogens (tertiary/aromatic N) is 3. The molecule has 0 amide bonds. The Bertz CT molecular complexity index is 430. The van der Waals surface area contributed by atoms with Crippen molar-refractivity contribution in [3.05, 3.63) is 0 Å². The third-order valence-electron chi connectivity index (χ3n) is 4.10. The van der Waals surface area contributed by atoms with Crippen molar-refractivity contribution in [2.45, 2.75) is 39.0 Å². The molecule has 7 heteroatoms. The highest BCUT2D eigenvalue weighted by atomic mass is 32.2. The summed E-state index contributed by atoms with van der Waals surface area (Å²) >= 11 is 0. The SMILES string of the molecule is CCC1CN(S(=O)(=O)N2CCCCC2)CCC1=NO. The van der Waals surface area contributed by atoms with Gasteiger partial charge in [-0.25, -0.2) is 0 Å². The normalized spacial score (nSPS) is 29.7. The molecule has 1 N–H and O–H groups in total. The highest BCUT2D eigenvalue weighted by molar-refractivity contribution is 7.86. The molecular formula is C12H23N3O3S. The Morgan fingerprint density at radius 1 is 1.21 bits per heavy atom. The maximum absolute atomic E-state index is 12.5. The fourth-order valence-electron chi connectivity index (χ4n) is 2.85. The van der Waals surface area contributed by atoms with Gasteiger partial charge in [-0.2, -0.15) is 17.0 Å². The number of oxime groups is 1. The lowest BCUT2D eigenvalue weighted by Gasteiger charge is -2.36. The van der Waals surface area contributed by atoms with E-state index in [9.17, 15) is 8.42 Å². The second-order valence-corrected chi connectivity index (χ2v) is 7.20. The molecule has 2 heterocycles. The van der Waals surface area contributed by atoms with Crippen molar-refractivity contribution < 1.29 is 13.6 Å². The number of hydrogen-bond donors (Lipinski definition) is 1. The van der Waals surface area contributed by atoms with Gasteiger partial charge < -0.3 is 5.21 Å². The van der Waals surface area contributed by atoms with Crippen LogP contribution in [0.25, 0.3) is 0 Å². The van der Waals surface area contributed by atoms with E-state index in [0.29, 0.717) is 32.6 Å². The van der Waals surface area contributed by atoms with Crippen LogP contribution >= 0.6 is 0 Å². The molecule has 0 aliphatic carbocycles. The van der Waals surface area contributed by atoms with Gasteiger partial charge >= 0.3 is 0 Å². The van der Waals surface area contributed by atoms with Crippen LogP contribution in [0.5, 0.6) is 0 Å². The summed E-state index contributed by atoms with van der Waals surface area (Å²) < 4.78 is 28.3. The Labute approximate surface area is 115 Å². The molecule has 0 saturated carbocycles. The van der Waals surface area contributed by atoms with Gasteiger partial charge in [0.2, 0.25) is 0 Å². The summed E-state index contributed by atoms with van der Waals surface area (Å²) in [5.41, 5.74) is 0.729. The second-order valence-electron chi connectivity index (χ2n) is 5.27. The third-order valence-corrected chi connectivity index (χ3v) is 6.10. The molecule has 0 aromatic carbocycles. The number of rotatable bonds is 3. The zero-order chi connectivity index (χ0) is 13.9. The minimum atomic E-state index is -3.33. The molecule has 0 bridgehead atoms. The molecule has 0 aromatic rings. The Balaban J connectivity index is 2.09. The Morgan fingerprint density at radius 2 is 1.89 bits per heavy atom. The van der Waals surface area contributed by atoms with Crippen molar-refractivity contribution >= 4 is 15.9 Å². The van der Waals surface area contributed by atoms with Crippen molar-refractivity contribution in [2.24, 2.45) is 11.1 Å². The van der Waals surface area contributed by atoms with Crippen molar-refractivity contribution in [1.29, 1.82) is 0 Å². The van der Waals surface area contributed by atoms with Gasteiger partial charge in [0.05, 0.1) is 5.71 Å². The van der Waals surface area contributed by atoms with Crippen molar-refractivity contribution in [1.82, 2.24) is 8.61 Å². The van der Waals surface area contributed by atoms with Crippen LogP contribution in [-0.4, -0.2) is 54.1 Å². The maximum Gasteiger partial charge on any atom is 0.282 e. The van der Waals surface area contributed by atoms with E-state index < -0.39 is 10.2 Å². The van der Waals surface area contributed by atoms with Crippen LogP contribution in [0.15, 0.2) is 5.16 Å². The lowest BCUT2D eigenvalue weighted by atomic mass is 9.95. The highest BCUT2D eigenvalue weighted by Gasteiger charge is 2.35. The van der Waals surface area contributed by atoms with Crippen LogP contribution in [0.4, 0.5) is 0 Å². The Morgan fingerprint density at radius 3 is 2.47 bits per heavy atom. The first-order valence-corrected chi connectivity index (χ1v) is 8.45. The molecule has 19 heavy (non-hydrogen) atoms. The van der Waals surface area contributed by atoms with Gasteiger partial charge in [-0.3, -0.25) is 0 Å². The number of piperidine rings is 2. The largest absolute Gasteiger partial charge is 0.411 e. The first kappa shape index (κ1) is 14.7. The van der Waals surface area contributed by atoms with Gasteiger partial charge in [-0.05, 0) is 19.3 Å². The quantitative estimate of drug-likeness (QED) is 0.628. The van der Waals surface area contributed by atoms with Gasteiger partial charge in [0, 0.05) is 38.5 Å². The van der Waals surface area contributed by atoms with E-state index in [4.69, 9.17) is 5.21 Å². The molecule has 6 nitrogen and oxygen atoms in total. The zero-order valence-corrected chi connectivity index (χ0v) is 12.3. The molecule has 2 aliphatic rings. The lowest BCUT2D eigenvalue weighted by Crippen LogP contribution is -2.51. The second kappa shape index (κ2) is 6.19. The minimum Gasteiger partial charge on any atom is -0.411 e. The first-order chi connectivity index (χ1) is 9.09.